The molecule has 2 saturated heterocycles. The predicted molar refractivity (Wildman–Crippen MR) is 124 cm³/mol. The van der Waals surface area contributed by atoms with E-state index >= 15 is 0 Å². The smallest absolute Gasteiger partial charge is 0.141 e. The van der Waals surface area contributed by atoms with Gasteiger partial charge in [0.25, 0.3) is 0 Å². The second-order valence-electron chi connectivity index (χ2n) is 9.03. The number of piperidine rings is 1. The first-order chi connectivity index (χ1) is 15.4. The molecule has 6 heteroatoms. The zero-order valence-corrected chi connectivity index (χ0v) is 18.8. The molecule has 2 aliphatic rings. The highest BCUT2D eigenvalue weighted by atomic mass is 32.1. The van der Waals surface area contributed by atoms with E-state index in [1.165, 1.54) is 31.0 Å². The van der Waals surface area contributed by atoms with E-state index < -0.39 is 5.82 Å². The molecule has 0 saturated carbocycles. The van der Waals surface area contributed by atoms with Crippen LogP contribution in [0.2, 0.25) is 0 Å². The summed E-state index contributed by atoms with van der Waals surface area (Å²) in [6.07, 6.45) is 4.40. The van der Waals surface area contributed by atoms with Crippen molar-refractivity contribution in [2.75, 3.05) is 0 Å². The van der Waals surface area contributed by atoms with Gasteiger partial charge < -0.3 is 5.73 Å². The molecule has 0 radical (unpaired) electrons. The number of nitrogens with zero attached hydrogens (tertiary/aromatic N) is 2. The van der Waals surface area contributed by atoms with Gasteiger partial charge in [0.15, 0.2) is 0 Å². The number of rotatable bonds is 4. The van der Waals surface area contributed by atoms with Crippen molar-refractivity contribution in [3.8, 4) is 27.6 Å². The molecular weight excluding hydrogens is 424 g/mol. The van der Waals surface area contributed by atoms with Crippen LogP contribution in [0.5, 0.6) is 0 Å². The monoisotopic (exact) mass is 449 g/mol. The first-order valence-corrected chi connectivity index (χ1v) is 11.8. The first-order valence-electron chi connectivity index (χ1n) is 11.0. The summed E-state index contributed by atoms with van der Waals surface area (Å²) in [5, 5.41) is 9.08. The van der Waals surface area contributed by atoms with Crippen LogP contribution in [0.1, 0.15) is 41.7 Å². The molecular formula is C26H25F2N3S. The van der Waals surface area contributed by atoms with E-state index in [-0.39, 0.29) is 17.4 Å². The Morgan fingerprint density at radius 2 is 1.78 bits per heavy atom. The minimum Gasteiger partial charge on any atom is -0.328 e. The van der Waals surface area contributed by atoms with E-state index in [0.717, 1.165) is 40.3 Å². The van der Waals surface area contributed by atoms with Gasteiger partial charge in [-0.1, -0.05) is 18.2 Å². The summed E-state index contributed by atoms with van der Waals surface area (Å²) >= 11 is 1.57. The quantitative estimate of drug-likeness (QED) is 0.532. The number of benzene rings is 2. The first kappa shape index (κ1) is 21.3. The molecule has 2 atom stereocenters. The molecule has 2 aliphatic heterocycles. The molecule has 2 unspecified atom stereocenters. The normalized spacial score (nSPS) is 22.8. The van der Waals surface area contributed by atoms with E-state index in [1.54, 1.807) is 23.5 Å². The van der Waals surface area contributed by atoms with Crippen molar-refractivity contribution in [3.63, 3.8) is 0 Å². The van der Waals surface area contributed by atoms with Crippen LogP contribution < -0.4 is 5.73 Å². The Bertz CT molecular complexity index is 1200. The topological polar surface area (TPSA) is 53.0 Å². The van der Waals surface area contributed by atoms with E-state index in [1.807, 2.05) is 19.1 Å². The fraction of sp³-hybridized carbons (Fsp3) is 0.346. The summed E-state index contributed by atoms with van der Waals surface area (Å²) in [6.45, 7) is 2.66. The molecule has 3 heterocycles. The largest absolute Gasteiger partial charge is 0.328 e. The summed E-state index contributed by atoms with van der Waals surface area (Å²) in [5.74, 6) is -0.839. The van der Waals surface area contributed by atoms with Crippen LogP contribution >= 0.6 is 11.3 Å². The van der Waals surface area contributed by atoms with Gasteiger partial charge in [-0.2, -0.15) is 5.26 Å². The average Bonchev–Trinajstić information content (AvgIpc) is 3.26. The maximum Gasteiger partial charge on any atom is 0.141 e. The maximum atomic E-state index is 14.9. The van der Waals surface area contributed by atoms with Crippen LogP contribution in [-0.4, -0.2) is 23.0 Å². The third kappa shape index (κ3) is 3.86. The molecule has 32 heavy (non-hydrogen) atoms. The molecule has 0 aliphatic carbocycles. The minimum absolute atomic E-state index is 0.00787. The standard InChI is InChI=1S/C26H25F2N3S/c1-15-2-7-22(25(28)8-15)26-23(16-3-4-17(13-29)24(27)9-16)12-21(32-26)14-31-19-5-6-20(31)11-18(30)10-19/h2-4,7-9,12,18-20H,5-6,10-11,14,30H2,1H3. The predicted octanol–water partition coefficient (Wildman–Crippen LogP) is 5.99. The molecule has 2 aromatic carbocycles. The number of aryl methyl sites for hydroxylation is 1. The van der Waals surface area contributed by atoms with Gasteiger partial charge in [-0.15, -0.1) is 11.3 Å². The lowest BCUT2D eigenvalue weighted by atomic mass is 9.97. The Kier molecular flexibility index (Phi) is 5.58. The number of fused-ring (bicyclic) bond motifs is 2. The van der Waals surface area contributed by atoms with Gasteiger partial charge in [-0.25, -0.2) is 8.78 Å². The van der Waals surface area contributed by atoms with Gasteiger partial charge in [0.2, 0.25) is 0 Å². The van der Waals surface area contributed by atoms with Crippen molar-refractivity contribution in [2.24, 2.45) is 5.73 Å². The van der Waals surface area contributed by atoms with E-state index in [4.69, 9.17) is 11.0 Å². The van der Waals surface area contributed by atoms with Crippen LogP contribution in [0, 0.1) is 29.9 Å². The summed E-state index contributed by atoms with van der Waals surface area (Å²) in [5.41, 5.74) is 9.08. The van der Waals surface area contributed by atoms with Crippen molar-refractivity contribution < 1.29 is 8.78 Å². The van der Waals surface area contributed by atoms with E-state index in [0.29, 0.717) is 23.2 Å². The Morgan fingerprint density at radius 3 is 2.44 bits per heavy atom. The molecule has 1 aromatic heterocycles. The number of thiophene rings is 1. The van der Waals surface area contributed by atoms with Crippen molar-refractivity contribution in [1.29, 1.82) is 5.26 Å². The van der Waals surface area contributed by atoms with Gasteiger partial charge >= 0.3 is 0 Å². The highest BCUT2D eigenvalue weighted by molar-refractivity contribution is 7.16. The van der Waals surface area contributed by atoms with Gasteiger partial charge in [0.1, 0.15) is 17.7 Å². The molecule has 0 amide bonds. The highest BCUT2D eigenvalue weighted by Gasteiger charge is 2.39. The Balaban J connectivity index is 1.56. The van der Waals surface area contributed by atoms with Crippen molar-refractivity contribution >= 4 is 11.3 Å². The zero-order valence-electron chi connectivity index (χ0n) is 17.9. The molecule has 0 spiro atoms. The molecule has 2 fully saturated rings. The van der Waals surface area contributed by atoms with Crippen LogP contribution in [0.15, 0.2) is 42.5 Å². The zero-order chi connectivity index (χ0) is 22.4. The number of halogens is 2. The molecule has 2 bridgehead atoms. The van der Waals surface area contributed by atoms with Gasteiger partial charge in [-0.3, -0.25) is 4.90 Å². The van der Waals surface area contributed by atoms with E-state index in [9.17, 15) is 8.78 Å². The van der Waals surface area contributed by atoms with Crippen molar-refractivity contribution in [2.45, 2.75) is 57.3 Å². The Labute approximate surface area is 191 Å². The Morgan fingerprint density at radius 1 is 1.03 bits per heavy atom. The fourth-order valence-corrected chi connectivity index (χ4v) is 6.48. The van der Waals surface area contributed by atoms with Crippen LogP contribution in [0.3, 0.4) is 0 Å². The van der Waals surface area contributed by atoms with Gasteiger partial charge in [-0.05, 0) is 68.0 Å². The SMILES string of the molecule is Cc1ccc(-c2sc(CN3C4CCC3CC(N)C4)cc2-c2ccc(C#N)c(F)c2)c(F)c1. The second-order valence-corrected chi connectivity index (χ2v) is 10.2. The second kappa shape index (κ2) is 8.40. The molecule has 2 N–H and O–H groups in total. The number of nitrogens with two attached hydrogens (primary N) is 1. The summed E-state index contributed by atoms with van der Waals surface area (Å²) < 4.78 is 29.4. The van der Waals surface area contributed by atoms with Crippen LogP contribution in [0.4, 0.5) is 8.78 Å². The average molecular weight is 450 g/mol. The lowest BCUT2D eigenvalue weighted by Crippen LogP contribution is -2.46. The van der Waals surface area contributed by atoms with Gasteiger partial charge in [0.05, 0.1) is 5.56 Å². The molecule has 164 valence electrons. The van der Waals surface area contributed by atoms with Gasteiger partial charge in [0, 0.05) is 45.6 Å². The van der Waals surface area contributed by atoms with Crippen molar-refractivity contribution in [1.82, 2.24) is 4.90 Å². The lowest BCUT2D eigenvalue weighted by molar-refractivity contribution is 0.121. The highest BCUT2D eigenvalue weighted by Crippen LogP contribution is 2.43. The number of hydrogen-bond acceptors (Lipinski definition) is 4. The van der Waals surface area contributed by atoms with E-state index in [2.05, 4.69) is 11.0 Å². The Hall–Kier alpha value is -2.59. The molecule has 3 nitrogen and oxygen atoms in total. The van der Waals surface area contributed by atoms with Crippen LogP contribution in [0.25, 0.3) is 21.6 Å². The summed E-state index contributed by atoms with van der Waals surface area (Å²) in [4.78, 5) is 4.47. The number of hydrogen-bond donors (Lipinski definition) is 1. The molecule has 5 rings (SSSR count). The third-order valence-corrected chi connectivity index (χ3v) is 7.97. The van der Waals surface area contributed by atoms with Crippen molar-refractivity contribution in [3.05, 3.63) is 70.1 Å². The molecule has 3 aromatic rings. The van der Waals surface area contributed by atoms with Crippen LogP contribution in [-0.2, 0) is 6.54 Å². The maximum absolute atomic E-state index is 14.9. The fourth-order valence-electron chi connectivity index (χ4n) is 5.27. The minimum atomic E-state index is -0.559. The third-order valence-electron chi connectivity index (χ3n) is 6.81. The number of nitriles is 1. The summed E-state index contributed by atoms with van der Waals surface area (Å²) in [7, 11) is 0. The lowest BCUT2D eigenvalue weighted by Gasteiger charge is -2.37. The summed E-state index contributed by atoms with van der Waals surface area (Å²) in [6, 6.07) is 15.0.